The van der Waals surface area contributed by atoms with Crippen LogP contribution in [0.1, 0.15) is 44.1 Å². The summed E-state index contributed by atoms with van der Waals surface area (Å²) in [6.45, 7) is 4.84. The second kappa shape index (κ2) is 7.18. The van der Waals surface area contributed by atoms with Crippen molar-refractivity contribution in [2.45, 2.75) is 45.1 Å². The molecule has 142 valence electrons. The number of aromatic nitrogens is 1. The number of carbonyl (C=O) groups is 1. The van der Waals surface area contributed by atoms with E-state index in [9.17, 15) is 4.79 Å². The Labute approximate surface area is 157 Å². The summed E-state index contributed by atoms with van der Waals surface area (Å²) in [5.74, 6) is 2.20. The summed E-state index contributed by atoms with van der Waals surface area (Å²) >= 11 is 0. The smallest absolute Gasteiger partial charge is 0.230 e. The molecule has 1 atom stereocenters. The van der Waals surface area contributed by atoms with E-state index in [0.717, 1.165) is 57.3 Å². The molecule has 3 aliphatic rings. The van der Waals surface area contributed by atoms with Crippen LogP contribution in [0.4, 0.5) is 5.82 Å². The van der Waals surface area contributed by atoms with Crippen LogP contribution in [0.3, 0.4) is 0 Å². The lowest BCUT2D eigenvalue weighted by atomic mass is 9.77. The van der Waals surface area contributed by atoms with Crippen LogP contribution in [0.5, 0.6) is 0 Å². The van der Waals surface area contributed by atoms with Crippen molar-refractivity contribution in [3.63, 3.8) is 0 Å². The number of rotatable bonds is 5. The fourth-order valence-electron chi connectivity index (χ4n) is 4.82. The van der Waals surface area contributed by atoms with Crippen molar-refractivity contribution >= 4 is 11.7 Å². The summed E-state index contributed by atoms with van der Waals surface area (Å²) in [5.41, 5.74) is 1.13. The van der Waals surface area contributed by atoms with Gasteiger partial charge in [-0.2, -0.15) is 0 Å². The lowest BCUT2D eigenvalue weighted by Crippen LogP contribution is -2.51. The van der Waals surface area contributed by atoms with E-state index in [1.54, 1.807) is 0 Å². The van der Waals surface area contributed by atoms with Gasteiger partial charge in [-0.05, 0) is 56.2 Å². The third kappa shape index (κ3) is 3.46. The molecule has 3 heterocycles. The minimum atomic E-state index is -0.112. The average Bonchev–Trinajstić information content (AvgIpc) is 2.99. The molecule has 5 nitrogen and oxygen atoms in total. The minimum Gasteiger partial charge on any atom is -0.363 e. The Morgan fingerprint density at radius 3 is 2.69 bits per heavy atom. The lowest BCUT2D eigenvalue weighted by molar-refractivity contribution is -0.146. The number of likely N-dealkylation sites (tertiary alicyclic amines) is 2. The van der Waals surface area contributed by atoms with Crippen LogP contribution < -0.4 is 4.90 Å². The predicted octanol–water partition coefficient (Wildman–Crippen LogP) is 2.76. The molecule has 26 heavy (non-hydrogen) atoms. The van der Waals surface area contributed by atoms with Crippen molar-refractivity contribution in [3.8, 4) is 0 Å². The first kappa shape index (κ1) is 17.8. The molecule has 1 aliphatic carbocycles. The molecular formula is C21H32N4O. The molecular weight excluding hydrogens is 324 g/mol. The van der Waals surface area contributed by atoms with E-state index in [0.29, 0.717) is 5.91 Å². The first-order valence-corrected chi connectivity index (χ1v) is 10.2. The zero-order chi connectivity index (χ0) is 18.1. The Hall–Kier alpha value is -1.62. The average molecular weight is 357 g/mol. The SMILES string of the molecule is CN(C)c1ccc(CN2CC[C@@]3(CCCN(CC4CCC4)C3=O)C2)cn1. The number of amides is 1. The zero-order valence-corrected chi connectivity index (χ0v) is 16.3. The summed E-state index contributed by atoms with van der Waals surface area (Å²) in [4.78, 5) is 24.4. The third-order valence-corrected chi connectivity index (χ3v) is 6.63. The largest absolute Gasteiger partial charge is 0.363 e. The van der Waals surface area contributed by atoms with Crippen LogP contribution in [0.25, 0.3) is 0 Å². The quantitative estimate of drug-likeness (QED) is 0.813. The van der Waals surface area contributed by atoms with Gasteiger partial charge in [-0.25, -0.2) is 4.98 Å². The topological polar surface area (TPSA) is 39.7 Å². The maximum absolute atomic E-state index is 13.2. The Balaban J connectivity index is 1.37. The van der Waals surface area contributed by atoms with E-state index in [4.69, 9.17) is 0 Å². The van der Waals surface area contributed by atoms with E-state index < -0.39 is 0 Å². The summed E-state index contributed by atoms with van der Waals surface area (Å²) in [6.07, 6.45) is 9.23. The van der Waals surface area contributed by atoms with Gasteiger partial charge >= 0.3 is 0 Å². The number of hydrogen-bond acceptors (Lipinski definition) is 4. The van der Waals surface area contributed by atoms with Crippen molar-refractivity contribution in [1.29, 1.82) is 0 Å². The molecule has 5 heteroatoms. The van der Waals surface area contributed by atoms with Crippen molar-refractivity contribution in [1.82, 2.24) is 14.8 Å². The molecule has 0 N–H and O–H groups in total. The van der Waals surface area contributed by atoms with Gasteiger partial charge in [0.25, 0.3) is 0 Å². The Bertz CT molecular complexity index is 640. The fraction of sp³-hybridized carbons (Fsp3) is 0.714. The normalized spacial score (nSPS) is 27.2. The van der Waals surface area contributed by atoms with Crippen LogP contribution in [0.15, 0.2) is 18.3 Å². The van der Waals surface area contributed by atoms with Gasteiger partial charge in [0.1, 0.15) is 5.82 Å². The number of hydrogen-bond donors (Lipinski definition) is 0. The molecule has 1 saturated carbocycles. The molecule has 2 aliphatic heterocycles. The Morgan fingerprint density at radius 2 is 2.04 bits per heavy atom. The fourth-order valence-corrected chi connectivity index (χ4v) is 4.82. The molecule has 1 spiro atoms. The second-order valence-electron chi connectivity index (χ2n) is 8.81. The highest BCUT2D eigenvalue weighted by molar-refractivity contribution is 5.84. The van der Waals surface area contributed by atoms with Crippen LogP contribution >= 0.6 is 0 Å². The minimum absolute atomic E-state index is 0.112. The molecule has 2 saturated heterocycles. The molecule has 0 aromatic carbocycles. The van der Waals surface area contributed by atoms with Crippen LogP contribution in [0, 0.1) is 11.3 Å². The molecule has 0 bridgehead atoms. The van der Waals surface area contributed by atoms with E-state index >= 15 is 0 Å². The van der Waals surface area contributed by atoms with Gasteiger partial charge in [0.2, 0.25) is 5.91 Å². The van der Waals surface area contributed by atoms with Crippen LogP contribution in [-0.2, 0) is 11.3 Å². The number of pyridine rings is 1. The van der Waals surface area contributed by atoms with Gasteiger partial charge in [-0.15, -0.1) is 0 Å². The molecule has 0 unspecified atom stereocenters. The second-order valence-corrected chi connectivity index (χ2v) is 8.81. The maximum Gasteiger partial charge on any atom is 0.230 e. The molecule has 0 radical (unpaired) electrons. The Morgan fingerprint density at radius 1 is 1.19 bits per heavy atom. The Kier molecular flexibility index (Phi) is 4.91. The number of anilines is 1. The van der Waals surface area contributed by atoms with Gasteiger partial charge in [-0.1, -0.05) is 12.5 Å². The maximum atomic E-state index is 13.2. The summed E-state index contributed by atoms with van der Waals surface area (Å²) in [7, 11) is 4.02. The third-order valence-electron chi connectivity index (χ3n) is 6.63. The van der Waals surface area contributed by atoms with Crippen LogP contribution in [-0.4, -0.2) is 61.0 Å². The predicted molar refractivity (Wildman–Crippen MR) is 104 cm³/mol. The first-order valence-electron chi connectivity index (χ1n) is 10.2. The summed E-state index contributed by atoms with van der Waals surface area (Å²) < 4.78 is 0. The highest BCUT2D eigenvalue weighted by atomic mass is 16.2. The van der Waals surface area contributed by atoms with E-state index in [2.05, 4.69) is 26.9 Å². The van der Waals surface area contributed by atoms with Gasteiger partial charge in [0.05, 0.1) is 5.41 Å². The molecule has 1 aromatic rings. The molecule has 3 fully saturated rings. The molecule has 1 aromatic heterocycles. The van der Waals surface area contributed by atoms with Crippen molar-refractivity contribution in [2.75, 3.05) is 45.2 Å². The van der Waals surface area contributed by atoms with E-state index in [1.807, 2.05) is 25.2 Å². The van der Waals surface area contributed by atoms with Crippen LogP contribution in [0.2, 0.25) is 0 Å². The highest BCUT2D eigenvalue weighted by Gasteiger charge is 2.48. The number of nitrogens with zero attached hydrogens (tertiary/aromatic N) is 4. The number of piperidine rings is 1. The van der Waals surface area contributed by atoms with Crippen molar-refractivity contribution in [2.24, 2.45) is 11.3 Å². The van der Waals surface area contributed by atoms with Gasteiger partial charge in [0, 0.05) is 46.5 Å². The van der Waals surface area contributed by atoms with Gasteiger partial charge in [-0.3, -0.25) is 9.69 Å². The number of carbonyl (C=O) groups excluding carboxylic acids is 1. The van der Waals surface area contributed by atoms with E-state index in [1.165, 1.54) is 31.2 Å². The molecule has 4 rings (SSSR count). The summed E-state index contributed by atoms with van der Waals surface area (Å²) in [5, 5.41) is 0. The molecule has 1 amide bonds. The lowest BCUT2D eigenvalue weighted by Gasteiger charge is -2.42. The standard InChI is InChI=1S/C21H32N4O/c1-23(2)19-8-7-18(13-22-19)14-24-12-10-21(16-24)9-4-11-25(20(21)26)15-17-5-3-6-17/h7-8,13,17H,3-6,9-12,14-16H2,1-2H3/t21-/m0/s1. The highest BCUT2D eigenvalue weighted by Crippen LogP contribution is 2.41. The zero-order valence-electron chi connectivity index (χ0n) is 16.3. The van der Waals surface area contributed by atoms with Gasteiger partial charge < -0.3 is 9.80 Å². The van der Waals surface area contributed by atoms with Gasteiger partial charge in [0.15, 0.2) is 0 Å². The monoisotopic (exact) mass is 356 g/mol. The van der Waals surface area contributed by atoms with Crippen molar-refractivity contribution in [3.05, 3.63) is 23.9 Å². The van der Waals surface area contributed by atoms with E-state index in [-0.39, 0.29) is 5.41 Å². The first-order chi connectivity index (χ1) is 12.6. The van der Waals surface area contributed by atoms with Crippen molar-refractivity contribution < 1.29 is 4.79 Å². The summed E-state index contributed by atoms with van der Waals surface area (Å²) in [6, 6.07) is 4.24.